The van der Waals surface area contributed by atoms with Crippen LogP contribution in [0.15, 0.2) is 24.7 Å². The maximum absolute atomic E-state index is 12.0. The summed E-state index contributed by atoms with van der Waals surface area (Å²) in [4.78, 5) is 23.2. The van der Waals surface area contributed by atoms with E-state index in [2.05, 4.69) is 25.6 Å². The molecule has 0 aliphatic heterocycles. The molecular formula is C13H16ClN5O. The molecule has 0 spiro atoms. The number of nitrogens with zero attached hydrogens (tertiary/aromatic N) is 2. The highest BCUT2D eigenvalue weighted by atomic mass is 35.5. The first-order valence-corrected chi connectivity index (χ1v) is 6.68. The van der Waals surface area contributed by atoms with Crippen molar-refractivity contribution in [3.63, 3.8) is 0 Å². The first-order valence-electron chi connectivity index (χ1n) is 6.30. The van der Waals surface area contributed by atoms with Gasteiger partial charge >= 0.3 is 0 Å². The highest BCUT2D eigenvalue weighted by Crippen LogP contribution is 2.17. The Kier molecular flexibility index (Phi) is 4.95. The zero-order valence-electron chi connectivity index (χ0n) is 11.1. The number of carbonyl (C=O) groups excluding carboxylic acids is 1. The van der Waals surface area contributed by atoms with Gasteiger partial charge in [-0.2, -0.15) is 0 Å². The highest BCUT2D eigenvalue weighted by Gasteiger charge is 2.11. The standard InChI is InChI=1S/C13H16ClN5O/c1-15-12-7-9(10(14)8-19-12)13(20)18-4-2-3-11-16-5-6-17-11/h5-8H,2-4H2,1H3,(H,15,19)(H,16,17)(H,18,20). The third-order valence-electron chi connectivity index (χ3n) is 2.79. The van der Waals surface area contributed by atoms with Crippen molar-refractivity contribution in [2.75, 3.05) is 18.9 Å². The minimum absolute atomic E-state index is 0.201. The van der Waals surface area contributed by atoms with Gasteiger partial charge in [-0.3, -0.25) is 4.79 Å². The van der Waals surface area contributed by atoms with Crippen LogP contribution in [0.1, 0.15) is 22.6 Å². The third-order valence-corrected chi connectivity index (χ3v) is 3.09. The van der Waals surface area contributed by atoms with Crippen molar-refractivity contribution < 1.29 is 4.79 Å². The number of aromatic nitrogens is 3. The molecule has 0 saturated carbocycles. The topological polar surface area (TPSA) is 82.7 Å². The Hall–Kier alpha value is -2.08. The van der Waals surface area contributed by atoms with Gasteiger partial charge in [-0.25, -0.2) is 9.97 Å². The summed E-state index contributed by atoms with van der Waals surface area (Å²) in [5, 5.41) is 6.05. The number of carbonyl (C=O) groups is 1. The minimum Gasteiger partial charge on any atom is -0.373 e. The number of halogens is 1. The normalized spacial score (nSPS) is 10.3. The van der Waals surface area contributed by atoms with Gasteiger partial charge in [0.05, 0.1) is 10.6 Å². The Balaban J connectivity index is 1.85. The fourth-order valence-corrected chi connectivity index (χ4v) is 1.93. The van der Waals surface area contributed by atoms with Crippen LogP contribution < -0.4 is 10.6 Å². The third kappa shape index (κ3) is 3.71. The van der Waals surface area contributed by atoms with E-state index in [1.165, 1.54) is 6.20 Å². The number of imidazole rings is 1. The van der Waals surface area contributed by atoms with Crippen LogP contribution in [0, 0.1) is 0 Å². The lowest BCUT2D eigenvalue weighted by Gasteiger charge is -2.07. The number of nitrogens with one attached hydrogen (secondary N) is 3. The summed E-state index contributed by atoms with van der Waals surface area (Å²) in [6.07, 6.45) is 6.55. The molecule has 0 aliphatic rings. The molecular weight excluding hydrogens is 278 g/mol. The summed E-state index contributed by atoms with van der Waals surface area (Å²) in [5.74, 6) is 1.32. The molecule has 2 heterocycles. The van der Waals surface area contributed by atoms with E-state index in [0.29, 0.717) is 22.9 Å². The maximum Gasteiger partial charge on any atom is 0.252 e. The number of aromatic amines is 1. The highest BCUT2D eigenvalue weighted by molar-refractivity contribution is 6.33. The molecule has 20 heavy (non-hydrogen) atoms. The molecule has 0 atom stereocenters. The number of hydrogen-bond acceptors (Lipinski definition) is 4. The lowest BCUT2D eigenvalue weighted by Crippen LogP contribution is -2.25. The van der Waals surface area contributed by atoms with Crippen molar-refractivity contribution in [3.8, 4) is 0 Å². The number of rotatable bonds is 6. The summed E-state index contributed by atoms with van der Waals surface area (Å²) >= 11 is 5.98. The summed E-state index contributed by atoms with van der Waals surface area (Å²) in [6.45, 7) is 0.563. The smallest absolute Gasteiger partial charge is 0.252 e. The van der Waals surface area contributed by atoms with Crippen molar-refractivity contribution in [1.82, 2.24) is 20.3 Å². The fourth-order valence-electron chi connectivity index (χ4n) is 1.74. The van der Waals surface area contributed by atoms with Gasteiger partial charge in [0.2, 0.25) is 0 Å². The number of H-pyrrole nitrogens is 1. The molecule has 0 aliphatic carbocycles. The molecule has 2 aromatic heterocycles. The summed E-state index contributed by atoms with van der Waals surface area (Å²) < 4.78 is 0. The molecule has 106 valence electrons. The van der Waals surface area contributed by atoms with E-state index < -0.39 is 0 Å². The molecule has 3 N–H and O–H groups in total. The number of hydrogen-bond donors (Lipinski definition) is 3. The zero-order valence-corrected chi connectivity index (χ0v) is 11.9. The lowest BCUT2D eigenvalue weighted by molar-refractivity contribution is 0.0953. The van der Waals surface area contributed by atoms with Crippen molar-refractivity contribution in [2.45, 2.75) is 12.8 Å². The van der Waals surface area contributed by atoms with Crippen LogP contribution in [0.4, 0.5) is 5.82 Å². The molecule has 7 heteroatoms. The summed E-state index contributed by atoms with van der Waals surface area (Å²) in [6, 6.07) is 1.63. The van der Waals surface area contributed by atoms with E-state index in [9.17, 15) is 4.79 Å². The van der Waals surface area contributed by atoms with Crippen molar-refractivity contribution in [2.24, 2.45) is 0 Å². The van der Waals surface area contributed by atoms with Crippen molar-refractivity contribution in [1.29, 1.82) is 0 Å². The van der Waals surface area contributed by atoms with Crippen LogP contribution in [0.5, 0.6) is 0 Å². The van der Waals surface area contributed by atoms with Crippen LogP contribution in [-0.4, -0.2) is 34.5 Å². The number of amides is 1. The second-order valence-electron chi connectivity index (χ2n) is 4.19. The van der Waals surface area contributed by atoms with E-state index in [1.807, 2.05) is 0 Å². The Morgan fingerprint density at radius 3 is 3.00 bits per heavy atom. The van der Waals surface area contributed by atoms with E-state index in [4.69, 9.17) is 11.6 Å². The molecule has 2 aromatic rings. The first-order chi connectivity index (χ1) is 9.70. The van der Waals surface area contributed by atoms with Gasteiger partial charge in [-0.15, -0.1) is 0 Å². The average molecular weight is 294 g/mol. The van der Waals surface area contributed by atoms with Crippen LogP contribution in [-0.2, 0) is 6.42 Å². The molecule has 0 bridgehead atoms. The van der Waals surface area contributed by atoms with E-state index in [0.717, 1.165) is 18.7 Å². The van der Waals surface area contributed by atoms with E-state index >= 15 is 0 Å². The SMILES string of the molecule is CNc1cc(C(=O)NCCCc2ncc[nH]2)c(Cl)cn1. The van der Waals surface area contributed by atoms with Gasteiger partial charge in [0.1, 0.15) is 11.6 Å². The molecule has 0 radical (unpaired) electrons. The first kappa shape index (κ1) is 14.3. The van der Waals surface area contributed by atoms with Gasteiger partial charge in [0, 0.05) is 38.6 Å². The molecule has 0 saturated heterocycles. The Morgan fingerprint density at radius 2 is 2.30 bits per heavy atom. The largest absolute Gasteiger partial charge is 0.373 e. The van der Waals surface area contributed by atoms with Gasteiger partial charge in [0.25, 0.3) is 5.91 Å². The van der Waals surface area contributed by atoms with Gasteiger partial charge < -0.3 is 15.6 Å². The quantitative estimate of drug-likeness (QED) is 0.710. The van der Waals surface area contributed by atoms with Crippen LogP contribution >= 0.6 is 11.6 Å². The molecule has 1 amide bonds. The summed E-state index contributed by atoms with van der Waals surface area (Å²) in [7, 11) is 1.74. The Morgan fingerprint density at radius 1 is 1.45 bits per heavy atom. The molecule has 0 fully saturated rings. The maximum atomic E-state index is 12.0. The van der Waals surface area contributed by atoms with Gasteiger partial charge in [0.15, 0.2) is 0 Å². The van der Waals surface area contributed by atoms with Crippen molar-refractivity contribution >= 4 is 23.3 Å². The van der Waals surface area contributed by atoms with Gasteiger partial charge in [-0.1, -0.05) is 11.6 Å². The zero-order chi connectivity index (χ0) is 14.4. The minimum atomic E-state index is -0.201. The second kappa shape index (κ2) is 6.91. The molecule has 0 aromatic carbocycles. The lowest BCUT2D eigenvalue weighted by atomic mass is 10.2. The second-order valence-corrected chi connectivity index (χ2v) is 4.60. The van der Waals surface area contributed by atoms with Crippen LogP contribution in [0.2, 0.25) is 5.02 Å². The average Bonchev–Trinajstić information content (AvgIpc) is 2.97. The molecule has 2 rings (SSSR count). The Bertz CT molecular complexity index is 570. The number of anilines is 1. The number of pyridine rings is 1. The fraction of sp³-hybridized carbons (Fsp3) is 0.308. The molecule has 6 nitrogen and oxygen atoms in total. The van der Waals surface area contributed by atoms with Crippen molar-refractivity contribution in [3.05, 3.63) is 41.1 Å². The monoisotopic (exact) mass is 293 g/mol. The van der Waals surface area contributed by atoms with E-state index in [1.54, 1.807) is 25.5 Å². The van der Waals surface area contributed by atoms with Crippen LogP contribution in [0.25, 0.3) is 0 Å². The molecule has 0 unspecified atom stereocenters. The predicted molar refractivity (Wildman–Crippen MR) is 78.0 cm³/mol. The predicted octanol–water partition coefficient (Wildman–Crippen LogP) is 1.86. The van der Waals surface area contributed by atoms with Crippen LogP contribution in [0.3, 0.4) is 0 Å². The number of aryl methyl sites for hydroxylation is 1. The van der Waals surface area contributed by atoms with E-state index in [-0.39, 0.29) is 5.91 Å². The summed E-state index contributed by atoms with van der Waals surface area (Å²) in [5.41, 5.74) is 0.420. The Labute approximate surface area is 122 Å². The van der Waals surface area contributed by atoms with Gasteiger partial charge in [-0.05, 0) is 12.5 Å².